The summed E-state index contributed by atoms with van der Waals surface area (Å²) in [5, 5.41) is 13.7. The minimum absolute atomic E-state index is 0.272. The van der Waals surface area contributed by atoms with Gasteiger partial charge in [-0.2, -0.15) is 0 Å². The zero-order valence-electron chi connectivity index (χ0n) is 14.9. The van der Waals surface area contributed by atoms with Crippen LogP contribution in [0, 0.1) is 5.82 Å². The molecule has 1 atom stereocenters. The van der Waals surface area contributed by atoms with Crippen LogP contribution in [0.5, 0.6) is 5.75 Å². The Hall–Kier alpha value is -2.51. The number of benzene rings is 1. The van der Waals surface area contributed by atoms with Crippen molar-refractivity contribution in [2.24, 2.45) is 0 Å². The number of hydrogen-bond donors (Lipinski definition) is 3. The fraction of sp³-hybridized carbons (Fsp3) is 0.529. The largest absolute Gasteiger partial charge is 0.493 e. The van der Waals surface area contributed by atoms with E-state index >= 15 is 0 Å². The third-order valence-electron chi connectivity index (χ3n) is 3.03. The normalized spacial score (nSPS) is 12.2. The van der Waals surface area contributed by atoms with Gasteiger partial charge in [-0.05, 0) is 52.3 Å². The quantitative estimate of drug-likeness (QED) is 0.650. The molecule has 1 rings (SSSR count). The smallest absolute Gasteiger partial charge is 0.407 e. The molecule has 0 saturated carbocycles. The topological polar surface area (TPSA) is 96.9 Å². The number of alkyl carbamates (subject to hydrolysis) is 1. The highest BCUT2D eigenvalue weighted by molar-refractivity contribution is 5.67. The molecule has 1 aromatic carbocycles. The zero-order valence-corrected chi connectivity index (χ0v) is 14.9. The number of amides is 2. The molecule has 2 amide bonds. The van der Waals surface area contributed by atoms with Gasteiger partial charge in [0.05, 0.1) is 12.6 Å². The van der Waals surface area contributed by atoms with Crippen molar-refractivity contribution in [2.45, 2.75) is 45.8 Å². The molecule has 0 radical (unpaired) electrons. The lowest BCUT2D eigenvalue weighted by Crippen LogP contribution is -2.33. The Bertz CT molecular complexity index is 601. The highest BCUT2D eigenvalue weighted by Gasteiger charge is 2.16. The maximum Gasteiger partial charge on any atom is 0.407 e. The molecular weight excluding hydrogens is 331 g/mol. The molecule has 3 N–H and O–H groups in total. The second-order valence-corrected chi connectivity index (χ2v) is 6.48. The van der Waals surface area contributed by atoms with Crippen LogP contribution in [0.25, 0.3) is 0 Å². The molecule has 0 fully saturated rings. The van der Waals surface area contributed by atoms with E-state index in [4.69, 9.17) is 14.6 Å². The van der Waals surface area contributed by atoms with Crippen LogP contribution in [-0.2, 0) is 4.74 Å². The first kappa shape index (κ1) is 20.5. The number of ether oxygens (including phenoxy) is 2. The van der Waals surface area contributed by atoms with Crippen LogP contribution in [0.2, 0.25) is 0 Å². The molecule has 7 nitrogen and oxygen atoms in total. The number of halogens is 1. The van der Waals surface area contributed by atoms with Gasteiger partial charge in [0.1, 0.15) is 17.2 Å². The van der Waals surface area contributed by atoms with Gasteiger partial charge in [0.2, 0.25) is 0 Å². The lowest BCUT2D eigenvalue weighted by Gasteiger charge is -2.20. The molecule has 1 unspecified atom stereocenters. The molecule has 0 heterocycles. The van der Waals surface area contributed by atoms with Crippen LogP contribution < -0.4 is 15.4 Å². The van der Waals surface area contributed by atoms with E-state index in [0.717, 1.165) is 0 Å². The second-order valence-electron chi connectivity index (χ2n) is 6.48. The standard InChI is InChI=1S/C17H25FN2O5/c1-11(20-15(21)22)13-10-12(18)6-7-14(13)24-9-5-8-19-16(23)25-17(2,3)4/h6-7,10-11,20H,5,8-9H2,1-4H3,(H,19,23)(H,21,22). The highest BCUT2D eigenvalue weighted by Crippen LogP contribution is 2.26. The lowest BCUT2D eigenvalue weighted by atomic mass is 10.1. The summed E-state index contributed by atoms with van der Waals surface area (Å²) < 4.78 is 24.1. The summed E-state index contributed by atoms with van der Waals surface area (Å²) in [6.07, 6.45) is -1.20. The van der Waals surface area contributed by atoms with Gasteiger partial charge in [-0.1, -0.05) is 0 Å². The Morgan fingerprint density at radius 1 is 1.32 bits per heavy atom. The van der Waals surface area contributed by atoms with Crippen molar-refractivity contribution < 1.29 is 28.6 Å². The summed E-state index contributed by atoms with van der Waals surface area (Å²) in [6, 6.07) is 3.30. The van der Waals surface area contributed by atoms with Crippen molar-refractivity contribution in [2.75, 3.05) is 13.2 Å². The van der Waals surface area contributed by atoms with Gasteiger partial charge in [0.25, 0.3) is 0 Å². The summed E-state index contributed by atoms with van der Waals surface area (Å²) in [5.74, 6) is -0.0899. The Morgan fingerprint density at radius 2 is 2.00 bits per heavy atom. The molecule has 0 aliphatic heterocycles. The molecule has 1 aromatic rings. The van der Waals surface area contributed by atoms with E-state index in [1.165, 1.54) is 18.2 Å². The fourth-order valence-electron chi connectivity index (χ4n) is 2.01. The summed E-state index contributed by atoms with van der Waals surface area (Å²) in [7, 11) is 0. The van der Waals surface area contributed by atoms with Crippen LogP contribution in [0.3, 0.4) is 0 Å². The van der Waals surface area contributed by atoms with Crippen molar-refractivity contribution in [1.29, 1.82) is 0 Å². The lowest BCUT2D eigenvalue weighted by molar-refractivity contribution is 0.0525. The molecule has 0 aliphatic carbocycles. The average molecular weight is 356 g/mol. The molecule has 0 spiro atoms. The summed E-state index contributed by atoms with van der Waals surface area (Å²) >= 11 is 0. The van der Waals surface area contributed by atoms with Crippen LogP contribution in [0.1, 0.15) is 45.7 Å². The minimum Gasteiger partial charge on any atom is -0.493 e. The predicted octanol–water partition coefficient (Wildman–Crippen LogP) is 3.45. The van der Waals surface area contributed by atoms with E-state index in [1.807, 2.05) is 0 Å². The monoisotopic (exact) mass is 356 g/mol. The Balaban J connectivity index is 2.49. The van der Waals surface area contributed by atoms with Crippen LogP contribution in [0.15, 0.2) is 18.2 Å². The minimum atomic E-state index is -1.20. The number of nitrogens with one attached hydrogen (secondary N) is 2. The molecule has 140 valence electrons. The van der Waals surface area contributed by atoms with Crippen molar-refractivity contribution in [3.63, 3.8) is 0 Å². The molecule has 25 heavy (non-hydrogen) atoms. The Morgan fingerprint density at radius 3 is 2.60 bits per heavy atom. The number of carboxylic acid groups (broad SMARTS) is 1. The molecule has 0 aliphatic rings. The Labute approximate surface area is 146 Å². The molecular formula is C17H25FN2O5. The number of hydrogen-bond acceptors (Lipinski definition) is 4. The maximum absolute atomic E-state index is 13.4. The van der Waals surface area contributed by atoms with Gasteiger partial charge < -0.3 is 25.2 Å². The third-order valence-corrected chi connectivity index (χ3v) is 3.03. The molecule has 8 heteroatoms. The molecule has 0 bridgehead atoms. The van der Waals surface area contributed by atoms with Gasteiger partial charge in [-0.25, -0.2) is 14.0 Å². The van der Waals surface area contributed by atoms with E-state index < -0.39 is 29.6 Å². The molecule has 0 saturated heterocycles. The number of carbonyl (C=O) groups excluding carboxylic acids is 1. The summed E-state index contributed by atoms with van der Waals surface area (Å²) in [4.78, 5) is 22.2. The van der Waals surface area contributed by atoms with Crippen molar-refractivity contribution >= 4 is 12.2 Å². The summed E-state index contributed by atoms with van der Waals surface area (Å²) in [5.41, 5.74) is -0.154. The van der Waals surface area contributed by atoms with Gasteiger partial charge >= 0.3 is 12.2 Å². The van der Waals surface area contributed by atoms with E-state index in [-0.39, 0.29) is 6.61 Å². The van der Waals surface area contributed by atoms with E-state index in [2.05, 4.69) is 10.6 Å². The first-order valence-corrected chi connectivity index (χ1v) is 7.97. The van der Waals surface area contributed by atoms with Crippen molar-refractivity contribution in [3.8, 4) is 5.75 Å². The van der Waals surface area contributed by atoms with Crippen molar-refractivity contribution in [3.05, 3.63) is 29.6 Å². The van der Waals surface area contributed by atoms with Crippen LogP contribution in [0.4, 0.5) is 14.0 Å². The van der Waals surface area contributed by atoms with Gasteiger partial charge in [-0.3, -0.25) is 0 Å². The van der Waals surface area contributed by atoms with Crippen LogP contribution in [-0.4, -0.2) is 36.0 Å². The van der Waals surface area contributed by atoms with E-state index in [1.54, 1.807) is 27.7 Å². The summed E-state index contributed by atoms with van der Waals surface area (Å²) in [6.45, 7) is 7.55. The third kappa shape index (κ3) is 8.23. The maximum atomic E-state index is 13.4. The second kappa shape index (κ2) is 9.10. The Kier molecular flexibility index (Phi) is 7.47. The average Bonchev–Trinajstić information content (AvgIpc) is 2.45. The highest BCUT2D eigenvalue weighted by atomic mass is 19.1. The van der Waals surface area contributed by atoms with Gasteiger partial charge in [-0.15, -0.1) is 0 Å². The first-order chi connectivity index (χ1) is 11.6. The van der Waals surface area contributed by atoms with E-state index in [9.17, 15) is 14.0 Å². The van der Waals surface area contributed by atoms with Crippen LogP contribution >= 0.6 is 0 Å². The predicted molar refractivity (Wildman–Crippen MR) is 90.3 cm³/mol. The van der Waals surface area contributed by atoms with Crippen molar-refractivity contribution in [1.82, 2.24) is 10.6 Å². The van der Waals surface area contributed by atoms with Gasteiger partial charge in [0.15, 0.2) is 0 Å². The SMILES string of the molecule is CC(NC(=O)O)c1cc(F)ccc1OCCCNC(=O)OC(C)(C)C. The zero-order chi connectivity index (χ0) is 19.0. The van der Waals surface area contributed by atoms with E-state index in [0.29, 0.717) is 24.3 Å². The van der Waals surface area contributed by atoms with Gasteiger partial charge in [0, 0.05) is 12.1 Å². The number of carbonyl (C=O) groups is 2. The fourth-order valence-corrected chi connectivity index (χ4v) is 2.01. The number of rotatable bonds is 7. The molecule has 0 aromatic heterocycles. The first-order valence-electron chi connectivity index (χ1n) is 7.97.